The lowest BCUT2D eigenvalue weighted by molar-refractivity contribution is -0.138. The minimum atomic E-state index is -0.528. The Bertz CT molecular complexity index is 1240. The van der Waals surface area contributed by atoms with Crippen molar-refractivity contribution in [3.8, 4) is 0 Å². The highest BCUT2D eigenvalue weighted by molar-refractivity contribution is 7.98. The molecule has 176 valence electrons. The first-order chi connectivity index (χ1) is 16.4. The average molecular weight is 480 g/mol. The molecule has 2 heterocycles. The predicted octanol–water partition coefficient (Wildman–Crippen LogP) is 4.79. The fraction of sp³-hybridized carbons (Fsp3) is 0.240. The van der Waals surface area contributed by atoms with Crippen molar-refractivity contribution in [3.63, 3.8) is 0 Å². The third kappa shape index (κ3) is 4.84. The predicted molar refractivity (Wildman–Crippen MR) is 132 cm³/mol. The molecule has 0 aliphatic carbocycles. The molecule has 0 saturated heterocycles. The van der Waals surface area contributed by atoms with Crippen LogP contribution in [0.15, 0.2) is 77.6 Å². The number of hydrogen-bond acceptors (Lipinski definition) is 7. The van der Waals surface area contributed by atoms with Crippen LogP contribution in [0.25, 0.3) is 0 Å². The molecule has 2 aromatic carbocycles. The van der Waals surface area contributed by atoms with Crippen molar-refractivity contribution < 1.29 is 13.9 Å². The molecule has 0 radical (unpaired) electrons. The van der Waals surface area contributed by atoms with Gasteiger partial charge in [0, 0.05) is 31.2 Å². The first kappa shape index (κ1) is 23.6. The Morgan fingerprint density at radius 1 is 1.26 bits per heavy atom. The van der Waals surface area contributed by atoms with Crippen LogP contribution in [0, 0.1) is 5.82 Å². The monoisotopic (exact) mass is 479 g/mol. The summed E-state index contributed by atoms with van der Waals surface area (Å²) < 4.78 is 21.1. The highest BCUT2D eigenvalue weighted by Crippen LogP contribution is 2.37. The van der Waals surface area contributed by atoms with Crippen LogP contribution in [0.1, 0.15) is 24.1 Å². The lowest BCUT2D eigenvalue weighted by Crippen LogP contribution is -2.29. The number of carbonyl (C=O) groups is 1. The van der Waals surface area contributed by atoms with E-state index in [9.17, 15) is 9.18 Å². The largest absolute Gasteiger partial charge is 0.458 e. The summed E-state index contributed by atoms with van der Waals surface area (Å²) >= 11 is 1.33. The zero-order valence-electron chi connectivity index (χ0n) is 19.3. The van der Waals surface area contributed by atoms with Crippen LogP contribution in [0.2, 0.25) is 0 Å². The molecule has 0 spiro atoms. The van der Waals surface area contributed by atoms with Crippen LogP contribution in [-0.2, 0) is 15.3 Å². The fourth-order valence-corrected chi connectivity index (χ4v) is 4.51. The Morgan fingerprint density at radius 2 is 2.00 bits per heavy atom. The molecule has 0 saturated carbocycles. The topological polar surface area (TPSA) is 72.3 Å². The molecule has 7 nitrogen and oxygen atoms in total. The van der Waals surface area contributed by atoms with Crippen molar-refractivity contribution in [2.45, 2.75) is 23.9 Å². The normalized spacial score (nSPS) is 14.9. The number of esters is 1. The molecular formula is C25H26FN5O2S. The molecule has 1 aromatic heterocycles. The Labute approximate surface area is 202 Å². The number of anilines is 2. The van der Waals surface area contributed by atoms with Crippen molar-refractivity contribution in [1.29, 1.82) is 0 Å². The molecule has 0 fully saturated rings. The molecule has 1 unspecified atom stereocenters. The number of halogens is 1. The number of allylic oxidation sites excluding steroid dienone is 1. The van der Waals surface area contributed by atoms with Gasteiger partial charge in [0.1, 0.15) is 18.5 Å². The van der Waals surface area contributed by atoms with Gasteiger partial charge in [-0.15, -0.1) is 5.10 Å². The maximum absolute atomic E-state index is 14.0. The van der Waals surface area contributed by atoms with E-state index in [1.807, 2.05) is 50.2 Å². The molecule has 1 aliphatic rings. The lowest BCUT2D eigenvalue weighted by Gasteiger charge is -2.28. The number of hydrogen-bond donors (Lipinski definition) is 1. The van der Waals surface area contributed by atoms with Gasteiger partial charge >= 0.3 is 5.97 Å². The molecule has 3 aromatic rings. The Hall–Kier alpha value is -3.59. The van der Waals surface area contributed by atoms with E-state index >= 15 is 0 Å². The van der Waals surface area contributed by atoms with Gasteiger partial charge in [-0.1, -0.05) is 54.7 Å². The third-order valence-corrected chi connectivity index (χ3v) is 6.31. The summed E-state index contributed by atoms with van der Waals surface area (Å²) in [5.41, 5.74) is 3.57. The highest BCUT2D eigenvalue weighted by atomic mass is 32.2. The summed E-state index contributed by atoms with van der Waals surface area (Å²) in [5.74, 6) is 0.184. The van der Waals surface area contributed by atoms with E-state index in [4.69, 9.17) is 4.74 Å². The number of benzene rings is 2. The van der Waals surface area contributed by atoms with Crippen molar-refractivity contribution in [3.05, 3.63) is 89.4 Å². The van der Waals surface area contributed by atoms with Crippen LogP contribution < -0.4 is 10.2 Å². The maximum Gasteiger partial charge on any atom is 0.338 e. The van der Waals surface area contributed by atoms with Crippen LogP contribution in [-0.4, -0.2) is 41.4 Å². The maximum atomic E-state index is 14.0. The van der Waals surface area contributed by atoms with Crippen LogP contribution in [0.5, 0.6) is 0 Å². The second-order valence-electron chi connectivity index (χ2n) is 7.98. The zero-order valence-corrected chi connectivity index (χ0v) is 20.1. The van der Waals surface area contributed by atoms with Gasteiger partial charge in [0.2, 0.25) is 11.1 Å². The number of thioether (sulfide) groups is 1. The summed E-state index contributed by atoms with van der Waals surface area (Å²) in [6.07, 6.45) is 1.53. The Balaban J connectivity index is 1.70. The van der Waals surface area contributed by atoms with E-state index in [2.05, 4.69) is 22.0 Å². The quantitative estimate of drug-likeness (QED) is 0.283. The summed E-state index contributed by atoms with van der Waals surface area (Å²) in [5, 5.41) is 8.32. The first-order valence-corrected chi connectivity index (χ1v) is 11.7. The zero-order chi connectivity index (χ0) is 24.2. The average Bonchev–Trinajstić information content (AvgIpc) is 3.23. The summed E-state index contributed by atoms with van der Waals surface area (Å²) in [6.45, 7) is 5.54. The molecule has 4 rings (SSSR count). The van der Waals surface area contributed by atoms with E-state index in [1.165, 1.54) is 23.9 Å². The number of ether oxygens (including phenoxy) is 1. The number of aromatic nitrogens is 3. The van der Waals surface area contributed by atoms with E-state index in [1.54, 1.807) is 22.9 Å². The van der Waals surface area contributed by atoms with Crippen LogP contribution >= 0.6 is 11.8 Å². The van der Waals surface area contributed by atoms with E-state index in [-0.39, 0.29) is 12.4 Å². The molecule has 0 bridgehead atoms. The van der Waals surface area contributed by atoms with E-state index in [0.717, 1.165) is 11.3 Å². The molecule has 9 heteroatoms. The standard InChI is InChI=1S/C25H26FN5O2S/c1-5-14-33-23(32)21-16(2)27-24-28-25(34-15-18-8-6-7-9-20(18)26)29-31(24)22(21)17-10-12-19(13-11-17)30(3)4/h5-13,22H,1,14-15H2,2-4H3,(H,27,28,29). The third-order valence-electron chi connectivity index (χ3n) is 5.43. The van der Waals surface area contributed by atoms with Gasteiger partial charge in [-0.05, 0) is 36.2 Å². The molecule has 1 N–H and O–H groups in total. The SMILES string of the molecule is C=CCOC(=O)C1=C(C)Nc2nc(SCc3ccccc3F)nn2C1c1ccc(N(C)C)cc1. The molecule has 0 amide bonds. The summed E-state index contributed by atoms with van der Waals surface area (Å²) in [4.78, 5) is 19.6. The van der Waals surface area contributed by atoms with Crippen LogP contribution in [0.4, 0.5) is 16.0 Å². The minimum Gasteiger partial charge on any atom is -0.458 e. The van der Waals surface area contributed by atoms with Gasteiger partial charge < -0.3 is 15.0 Å². The van der Waals surface area contributed by atoms with Gasteiger partial charge in [0.25, 0.3) is 0 Å². The molecule has 1 atom stereocenters. The fourth-order valence-electron chi connectivity index (χ4n) is 3.69. The highest BCUT2D eigenvalue weighted by Gasteiger charge is 2.35. The van der Waals surface area contributed by atoms with Gasteiger partial charge in [-0.25, -0.2) is 13.9 Å². The number of nitrogens with one attached hydrogen (secondary N) is 1. The van der Waals surface area contributed by atoms with Gasteiger partial charge in [-0.3, -0.25) is 0 Å². The minimum absolute atomic E-state index is 0.107. The van der Waals surface area contributed by atoms with Crippen molar-refractivity contribution in [1.82, 2.24) is 14.8 Å². The van der Waals surface area contributed by atoms with Crippen LogP contribution in [0.3, 0.4) is 0 Å². The van der Waals surface area contributed by atoms with Gasteiger partial charge in [-0.2, -0.15) is 4.98 Å². The summed E-state index contributed by atoms with van der Waals surface area (Å²) in [7, 11) is 3.94. The van der Waals surface area contributed by atoms with Gasteiger partial charge in [0.05, 0.1) is 5.57 Å². The summed E-state index contributed by atoms with van der Waals surface area (Å²) in [6, 6.07) is 14.0. The molecule has 1 aliphatic heterocycles. The number of rotatable bonds is 8. The molecular weight excluding hydrogens is 453 g/mol. The van der Waals surface area contributed by atoms with E-state index < -0.39 is 12.0 Å². The number of nitrogens with zero attached hydrogens (tertiary/aromatic N) is 4. The number of carbonyl (C=O) groups excluding carboxylic acids is 1. The lowest BCUT2D eigenvalue weighted by atomic mass is 9.95. The smallest absolute Gasteiger partial charge is 0.338 e. The second-order valence-corrected chi connectivity index (χ2v) is 8.92. The van der Waals surface area contributed by atoms with E-state index in [0.29, 0.717) is 33.7 Å². The van der Waals surface area contributed by atoms with Crippen molar-refractivity contribution in [2.75, 3.05) is 30.9 Å². The van der Waals surface area contributed by atoms with Gasteiger partial charge in [0.15, 0.2) is 0 Å². The second kappa shape index (κ2) is 10.1. The first-order valence-electron chi connectivity index (χ1n) is 10.7. The Morgan fingerprint density at radius 3 is 2.68 bits per heavy atom. The number of fused-ring (bicyclic) bond motifs is 1. The Kier molecular flexibility index (Phi) is 7.02. The van der Waals surface area contributed by atoms with Crippen molar-refractivity contribution >= 4 is 29.4 Å². The molecule has 34 heavy (non-hydrogen) atoms. The van der Waals surface area contributed by atoms with Crippen molar-refractivity contribution in [2.24, 2.45) is 0 Å².